The van der Waals surface area contributed by atoms with E-state index in [1.165, 1.54) is 6.92 Å². The topological polar surface area (TPSA) is 43.4 Å². The van der Waals surface area contributed by atoms with Gasteiger partial charge in [-0.25, -0.2) is 0 Å². The molecule has 3 nitrogen and oxygen atoms in total. The zero-order chi connectivity index (χ0) is 14.8. The average molecular weight is 270 g/mol. The van der Waals surface area contributed by atoms with Gasteiger partial charge in [-0.3, -0.25) is 9.59 Å². The first-order chi connectivity index (χ1) is 9.65. The summed E-state index contributed by atoms with van der Waals surface area (Å²) in [5, 5.41) is 0. The molecular formula is C17H18O3. The maximum Gasteiger partial charge on any atom is 0.302 e. The molecule has 0 atom stereocenters. The highest BCUT2D eigenvalue weighted by atomic mass is 16.5. The molecule has 0 aliphatic carbocycles. The summed E-state index contributed by atoms with van der Waals surface area (Å²) in [5.74, 6) is -0.135. The smallest absolute Gasteiger partial charge is 0.302 e. The molecule has 0 N–H and O–H groups in total. The van der Waals surface area contributed by atoms with Gasteiger partial charge >= 0.3 is 5.97 Å². The van der Waals surface area contributed by atoms with E-state index in [2.05, 4.69) is 4.74 Å². The van der Waals surface area contributed by atoms with Crippen molar-refractivity contribution in [3.63, 3.8) is 0 Å². The van der Waals surface area contributed by atoms with Crippen molar-refractivity contribution < 1.29 is 14.3 Å². The van der Waals surface area contributed by atoms with E-state index < -0.39 is 0 Å². The van der Waals surface area contributed by atoms with Crippen LogP contribution in [-0.2, 0) is 9.53 Å². The maximum absolute atomic E-state index is 11.8. The van der Waals surface area contributed by atoms with Crippen LogP contribution in [0.4, 0.5) is 0 Å². The third kappa shape index (κ3) is 5.48. The number of ether oxygens (including phenoxy) is 1. The van der Waals surface area contributed by atoms with Gasteiger partial charge in [-0.15, -0.1) is 0 Å². The molecule has 2 aromatic carbocycles. The lowest BCUT2D eigenvalue weighted by molar-refractivity contribution is -0.140. The Bertz CT molecular complexity index is 491. The van der Waals surface area contributed by atoms with E-state index in [1.54, 1.807) is 6.92 Å². The molecule has 0 amide bonds. The van der Waals surface area contributed by atoms with Crippen LogP contribution in [0, 0.1) is 0 Å². The first-order valence-corrected chi connectivity index (χ1v) is 6.43. The van der Waals surface area contributed by atoms with Crippen molar-refractivity contribution in [1.82, 2.24) is 0 Å². The van der Waals surface area contributed by atoms with Crippen molar-refractivity contribution in [1.29, 1.82) is 0 Å². The molecule has 2 rings (SSSR count). The highest BCUT2D eigenvalue weighted by Gasteiger charge is 2.06. The molecule has 2 aromatic rings. The number of rotatable bonds is 3. The van der Waals surface area contributed by atoms with Crippen LogP contribution in [0.1, 0.15) is 29.8 Å². The van der Waals surface area contributed by atoms with Gasteiger partial charge < -0.3 is 4.74 Å². The van der Waals surface area contributed by atoms with Crippen LogP contribution in [0.3, 0.4) is 0 Å². The van der Waals surface area contributed by atoms with Gasteiger partial charge in [0.05, 0.1) is 6.61 Å². The molecule has 20 heavy (non-hydrogen) atoms. The number of carbonyl (C=O) groups excluding carboxylic acids is 2. The lowest BCUT2D eigenvalue weighted by Gasteiger charge is -1.99. The van der Waals surface area contributed by atoms with Crippen LogP contribution in [0.25, 0.3) is 0 Å². The molecule has 0 aromatic heterocycles. The molecule has 0 heterocycles. The van der Waals surface area contributed by atoms with E-state index in [4.69, 9.17) is 0 Å². The fourth-order valence-electron chi connectivity index (χ4n) is 1.55. The second kappa shape index (κ2) is 8.64. The van der Waals surface area contributed by atoms with Gasteiger partial charge in [-0.1, -0.05) is 60.7 Å². The minimum absolute atomic E-state index is 0.0752. The predicted molar refractivity (Wildman–Crippen MR) is 78.6 cm³/mol. The molecule has 104 valence electrons. The number of ketones is 1. The summed E-state index contributed by atoms with van der Waals surface area (Å²) in [6.45, 7) is 3.65. The molecule has 0 saturated heterocycles. The average Bonchev–Trinajstić information content (AvgIpc) is 2.49. The van der Waals surface area contributed by atoms with Crippen molar-refractivity contribution in [2.24, 2.45) is 0 Å². The lowest BCUT2D eigenvalue weighted by Crippen LogP contribution is -1.99. The minimum Gasteiger partial charge on any atom is -0.466 e. The van der Waals surface area contributed by atoms with Crippen molar-refractivity contribution in [2.75, 3.05) is 6.61 Å². The number of benzene rings is 2. The Labute approximate surface area is 119 Å². The van der Waals surface area contributed by atoms with Gasteiger partial charge in [0.25, 0.3) is 0 Å². The van der Waals surface area contributed by atoms with Crippen LogP contribution in [-0.4, -0.2) is 18.4 Å². The maximum atomic E-state index is 11.8. The van der Waals surface area contributed by atoms with Crippen LogP contribution >= 0.6 is 0 Å². The third-order valence-electron chi connectivity index (χ3n) is 2.42. The molecule has 3 heteroatoms. The monoisotopic (exact) mass is 270 g/mol. The van der Waals surface area contributed by atoms with Gasteiger partial charge in [0.2, 0.25) is 0 Å². The van der Waals surface area contributed by atoms with Crippen molar-refractivity contribution in [3.05, 3.63) is 71.8 Å². The van der Waals surface area contributed by atoms with Gasteiger partial charge in [-0.05, 0) is 6.92 Å². The minimum atomic E-state index is -0.211. The zero-order valence-electron chi connectivity index (χ0n) is 11.7. The normalized spacial score (nSPS) is 9.10. The van der Waals surface area contributed by atoms with Gasteiger partial charge in [-0.2, -0.15) is 0 Å². The van der Waals surface area contributed by atoms with E-state index >= 15 is 0 Å². The summed E-state index contributed by atoms with van der Waals surface area (Å²) in [6.07, 6.45) is 0. The fraction of sp³-hybridized carbons (Fsp3) is 0.176. The first-order valence-electron chi connectivity index (χ1n) is 6.43. The van der Waals surface area contributed by atoms with Gasteiger partial charge in [0.1, 0.15) is 0 Å². The molecule has 0 unspecified atom stereocenters. The standard InChI is InChI=1S/C13H10O.C4H8O2/c14-13(11-7-3-1-4-8-11)12-9-5-2-6-10-12;1-3-6-4(2)5/h1-10H;3H2,1-2H3. The number of carbonyl (C=O) groups is 2. The summed E-state index contributed by atoms with van der Waals surface area (Å²) >= 11 is 0. The summed E-state index contributed by atoms with van der Waals surface area (Å²) in [7, 11) is 0. The molecule has 0 fully saturated rings. The third-order valence-corrected chi connectivity index (χ3v) is 2.42. The Morgan fingerprint density at radius 2 is 1.25 bits per heavy atom. The molecule has 0 saturated carbocycles. The van der Waals surface area contributed by atoms with Crippen LogP contribution in [0.15, 0.2) is 60.7 Å². The molecule has 0 aliphatic rings. The molecular weight excluding hydrogens is 252 g/mol. The van der Waals surface area contributed by atoms with Gasteiger partial charge in [0.15, 0.2) is 5.78 Å². The Morgan fingerprint density at radius 1 is 0.850 bits per heavy atom. The van der Waals surface area contributed by atoms with Crippen molar-refractivity contribution in [2.45, 2.75) is 13.8 Å². The summed E-state index contributed by atoms with van der Waals surface area (Å²) in [5.41, 5.74) is 1.47. The predicted octanol–water partition coefficient (Wildman–Crippen LogP) is 3.49. The van der Waals surface area contributed by atoms with Crippen LogP contribution in [0.5, 0.6) is 0 Å². The second-order valence-corrected chi connectivity index (χ2v) is 3.99. The Morgan fingerprint density at radius 3 is 1.50 bits per heavy atom. The lowest BCUT2D eigenvalue weighted by atomic mass is 10.0. The number of hydrogen-bond acceptors (Lipinski definition) is 3. The quantitative estimate of drug-likeness (QED) is 0.633. The number of hydrogen-bond donors (Lipinski definition) is 0. The highest BCUT2D eigenvalue weighted by Crippen LogP contribution is 2.08. The number of esters is 1. The van der Waals surface area contributed by atoms with E-state index in [0.29, 0.717) is 6.61 Å². The summed E-state index contributed by atoms with van der Waals surface area (Å²) in [6, 6.07) is 18.6. The Hall–Kier alpha value is -2.42. The Balaban J connectivity index is 0.000000286. The highest BCUT2D eigenvalue weighted by molar-refractivity contribution is 6.08. The van der Waals surface area contributed by atoms with E-state index in [-0.39, 0.29) is 11.8 Å². The van der Waals surface area contributed by atoms with Crippen molar-refractivity contribution >= 4 is 11.8 Å². The zero-order valence-corrected chi connectivity index (χ0v) is 11.7. The SMILES string of the molecule is CCOC(C)=O.O=C(c1ccccc1)c1ccccc1. The van der Waals surface area contributed by atoms with E-state index in [1.807, 2.05) is 60.7 Å². The molecule has 0 bridgehead atoms. The summed E-state index contributed by atoms with van der Waals surface area (Å²) < 4.78 is 4.40. The van der Waals surface area contributed by atoms with Crippen LogP contribution in [0.2, 0.25) is 0 Å². The molecule has 0 spiro atoms. The largest absolute Gasteiger partial charge is 0.466 e. The van der Waals surface area contributed by atoms with Gasteiger partial charge in [0, 0.05) is 18.1 Å². The van der Waals surface area contributed by atoms with Crippen LogP contribution < -0.4 is 0 Å². The first kappa shape index (κ1) is 15.6. The molecule has 0 radical (unpaired) electrons. The van der Waals surface area contributed by atoms with Crippen molar-refractivity contribution in [3.8, 4) is 0 Å². The van der Waals surface area contributed by atoms with E-state index in [9.17, 15) is 9.59 Å². The second-order valence-electron chi connectivity index (χ2n) is 3.99. The summed E-state index contributed by atoms with van der Waals surface area (Å²) in [4.78, 5) is 21.7. The van der Waals surface area contributed by atoms with E-state index in [0.717, 1.165) is 11.1 Å². The fourth-order valence-corrected chi connectivity index (χ4v) is 1.55. The Kier molecular flexibility index (Phi) is 6.76. The molecule has 0 aliphatic heterocycles.